The van der Waals surface area contributed by atoms with E-state index in [1.165, 1.54) is 11.3 Å². The van der Waals surface area contributed by atoms with Gasteiger partial charge in [-0.3, -0.25) is 14.6 Å². The number of morpholine rings is 1. The van der Waals surface area contributed by atoms with Crippen LogP contribution in [0.4, 0.5) is 0 Å². The summed E-state index contributed by atoms with van der Waals surface area (Å²) in [5.74, 6) is 1.82. The molecular formula is C23H30N4O5S. The number of hydrogen-bond acceptors (Lipinski definition) is 9. The molecule has 1 fully saturated rings. The molecule has 0 amide bonds. The van der Waals surface area contributed by atoms with Crippen LogP contribution in [0.15, 0.2) is 28.4 Å². The van der Waals surface area contributed by atoms with E-state index < -0.39 is 6.10 Å². The predicted octanol–water partition coefficient (Wildman–Crippen LogP) is 1.79. The first-order valence-electron chi connectivity index (χ1n) is 10.9. The fourth-order valence-electron chi connectivity index (χ4n) is 4.10. The van der Waals surface area contributed by atoms with Gasteiger partial charge in [-0.15, -0.1) is 11.3 Å². The molecule has 3 heterocycles. The Hall–Kier alpha value is -2.50. The predicted molar refractivity (Wildman–Crippen MR) is 128 cm³/mol. The third kappa shape index (κ3) is 5.53. The first kappa shape index (κ1) is 23.7. The largest absolute Gasteiger partial charge is 0.493 e. The Morgan fingerprint density at radius 1 is 1.27 bits per heavy atom. The first-order chi connectivity index (χ1) is 16.0. The molecule has 1 atom stereocenters. The number of hydrogen-bond donors (Lipinski definition) is 2. The monoisotopic (exact) mass is 474 g/mol. The number of ether oxygens (including phenoxy) is 3. The second-order valence-corrected chi connectivity index (χ2v) is 9.03. The number of likely N-dealkylation sites (N-methyl/N-ethyl adjacent to an activating group) is 1. The molecule has 0 radical (unpaired) electrons. The van der Waals surface area contributed by atoms with Crippen molar-refractivity contribution in [1.82, 2.24) is 19.8 Å². The second-order valence-electron chi connectivity index (χ2n) is 8.18. The van der Waals surface area contributed by atoms with Crippen LogP contribution >= 0.6 is 11.3 Å². The van der Waals surface area contributed by atoms with E-state index in [1.807, 2.05) is 35.5 Å². The maximum absolute atomic E-state index is 13.0. The Morgan fingerprint density at radius 2 is 2.03 bits per heavy atom. The molecule has 2 aromatic heterocycles. The molecule has 10 heteroatoms. The van der Waals surface area contributed by atoms with Gasteiger partial charge in [-0.05, 0) is 24.7 Å². The number of benzene rings is 1. The molecule has 1 aliphatic rings. The van der Waals surface area contributed by atoms with Gasteiger partial charge >= 0.3 is 0 Å². The van der Waals surface area contributed by atoms with Crippen molar-refractivity contribution in [3.05, 3.63) is 39.8 Å². The molecule has 178 valence electrons. The Labute approximate surface area is 196 Å². The molecule has 2 N–H and O–H groups in total. The van der Waals surface area contributed by atoms with Gasteiger partial charge in [0, 0.05) is 37.1 Å². The molecule has 1 saturated heterocycles. The van der Waals surface area contributed by atoms with E-state index in [9.17, 15) is 9.90 Å². The van der Waals surface area contributed by atoms with Gasteiger partial charge in [-0.1, -0.05) is 6.07 Å². The third-order valence-corrected chi connectivity index (χ3v) is 6.57. The number of fused-ring (bicyclic) bond motifs is 1. The average Bonchev–Trinajstić information content (AvgIpc) is 3.23. The van der Waals surface area contributed by atoms with Crippen molar-refractivity contribution >= 4 is 21.6 Å². The molecule has 4 rings (SSSR count). The highest BCUT2D eigenvalue weighted by atomic mass is 32.1. The van der Waals surface area contributed by atoms with E-state index in [2.05, 4.69) is 14.9 Å². The van der Waals surface area contributed by atoms with Crippen LogP contribution in [-0.2, 0) is 11.3 Å². The molecule has 9 nitrogen and oxygen atoms in total. The number of nitrogens with zero attached hydrogens (tertiary/aromatic N) is 3. The Kier molecular flexibility index (Phi) is 7.61. The zero-order valence-electron chi connectivity index (χ0n) is 19.2. The summed E-state index contributed by atoms with van der Waals surface area (Å²) in [6, 6.07) is 5.59. The zero-order chi connectivity index (χ0) is 23.4. The lowest BCUT2D eigenvalue weighted by Gasteiger charge is -2.29. The molecular weight excluding hydrogens is 444 g/mol. The number of thiophene rings is 1. The van der Waals surface area contributed by atoms with E-state index >= 15 is 0 Å². The number of aromatic nitrogens is 2. The van der Waals surface area contributed by atoms with Crippen LogP contribution in [0.25, 0.3) is 21.3 Å². The normalized spacial score (nSPS) is 15.8. The first-order valence-corrected chi connectivity index (χ1v) is 11.8. The molecule has 0 saturated carbocycles. The van der Waals surface area contributed by atoms with Gasteiger partial charge in [-0.25, -0.2) is 4.98 Å². The van der Waals surface area contributed by atoms with Crippen molar-refractivity contribution in [2.75, 3.05) is 60.7 Å². The number of aromatic amines is 1. The van der Waals surface area contributed by atoms with Crippen molar-refractivity contribution in [2.45, 2.75) is 12.6 Å². The summed E-state index contributed by atoms with van der Waals surface area (Å²) < 4.78 is 16.1. The van der Waals surface area contributed by atoms with Crippen LogP contribution in [0.1, 0.15) is 5.82 Å². The van der Waals surface area contributed by atoms with Crippen LogP contribution in [0.2, 0.25) is 0 Å². The van der Waals surface area contributed by atoms with Crippen LogP contribution < -0.4 is 15.0 Å². The van der Waals surface area contributed by atoms with Crippen molar-refractivity contribution < 1.29 is 19.3 Å². The lowest BCUT2D eigenvalue weighted by Crippen LogP contribution is -2.44. The lowest BCUT2D eigenvalue weighted by atomic mass is 10.1. The third-order valence-electron chi connectivity index (χ3n) is 5.70. The summed E-state index contributed by atoms with van der Waals surface area (Å²) in [5.41, 5.74) is 1.50. The summed E-state index contributed by atoms with van der Waals surface area (Å²) in [6.45, 7) is 4.63. The van der Waals surface area contributed by atoms with Crippen LogP contribution in [0.5, 0.6) is 11.5 Å². The molecule has 0 unspecified atom stereocenters. The zero-order valence-corrected chi connectivity index (χ0v) is 20.0. The van der Waals surface area contributed by atoms with Gasteiger partial charge in [-0.2, -0.15) is 0 Å². The van der Waals surface area contributed by atoms with E-state index in [0.29, 0.717) is 60.4 Å². The number of nitrogens with one attached hydrogen (secondary N) is 1. The number of β-amino-alcohol motifs (C(OH)–C–C–N with tert-alkyl or cyclic N) is 1. The minimum Gasteiger partial charge on any atom is -0.493 e. The van der Waals surface area contributed by atoms with Crippen LogP contribution in [-0.4, -0.2) is 91.6 Å². The lowest BCUT2D eigenvalue weighted by molar-refractivity contribution is 0.00812. The van der Waals surface area contributed by atoms with E-state index in [4.69, 9.17) is 14.2 Å². The summed E-state index contributed by atoms with van der Waals surface area (Å²) in [6.07, 6.45) is -0.484. The molecule has 1 aliphatic heterocycles. The fraction of sp³-hybridized carbons (Fsp3) is 0.478. The van der Waals surface area contributed by atoms with E-state index in [1.54, 1.807) is 14.2 Å². The van der Waals surface area contributed by atoms with Gasteiger partial charge in [0.1, 0.15) is 10.7 Å². The molecule has 0 bridgehead atoms. The maximum atomic E-state index is 13.0. The van der Waals surface area contributed by atoms with Gasteiger partial charge in [0.2, 0.25) is 0 Å². The highest BCUT2D eigenvalue weighted by molar-refractivity contribution is 7.17. The molecule has 1 aromatic carbocycles. The maximum Gasteiger partial charge on any atom is 0.260 e. The van der Waals surface area contributed by atoms with Crippen molar-refractivity contribution in [3.8, 4) is 22.6 Å². The summed E-state index contributed by atoms with van der Waals surface area (Å²) in [7, 11) is 5.09. The highest BCUT2D eigenvalue weighted by Gasteiger charge is 2.18. The summed E-state index contributed by atoms with van der Waals surface area (Å²) >= 11 is 1.44. The Bertz CT molecular complexity index is 1140. The summed E-state index contributed by atoms with van der Waals surface area (Å²) in [4.78, 5) is 25.4. The second kappa shape index (κ2) is 10.6. The molecule has 33 heavy (non-hydrogen) atoms. The van der Waals surface area contributed by atoms with Crippen LogP contribution in [0.3, 0.4) is 0 Å². The minimum atomic E-state index is -0.484. The standard InChI is InChI=1S/C23H30N4O5S/c1-26(11-16(28)12-27-6-8-32-9-7-27)13-20-24-22(29)21-17(14-33-23(21)25-20)15-4-5-18(30-2)19(10-15)31-3/h4-5,10,14,16,28H,6-9,11-13H2,1-3H3,(H,24,25,29)/t16-/m1/s1. The molecule has 3 aromatic rings. The number of H-pyrrole nitrogens is 1. The highest BCUT2D eigenvalue weighted by Crippen LogP contribution is 2.36. The SMILES string of the molecule is COc1ccc(-c2csc3nc(CN(C)C[C@@H](O)CN4CCOCC4)[nH]c(=O)c23)cc1OC. The number of rotatable bonds is 9. The van der Waals surface area contributed by atoms with E-state index in [0.717, 1.165) is 24.2 Å². The quantitative estimate of drug-likeness (QED) is 0.484. The van der Waals surface area contributed by atoms with Crippen molar-refractivity contribution in [1.29, 1.82) is 0 Å². The fourth-order valence-corrected chi connectivity index (χ4v) is 5.07. The van der Waals surface area contributed by atoms with Crippen molar-refractivity contribution in [3.63, 3.8) is 0 Å². The Morgan fingerprint density at radius 3 is 2.76 bits per heavy atom. The number of aliphatic hydroxyl groups is 1. The topological polar surface area (TPSA) is 100 Å². The van der Waals surface area contributed by atoms with Gasteiger partial charge in [0.05, 0.1) is 45.5 Å². The average molecular weight is 475 g/mol. The Balaban J connectivity index is 1.48. The summed E-state index contributed by atoms with van der Waals surface area (Å²) in [5, 5.41) is 13.0. The number of aliphatic hydroxyl groups excluding tert-OH is 1. The van der Waals surface area contributed by atoms with Gasteiger partial charge < -0.3 is 24.3 Å². The van der Waals surface area contributed by atoms with Gasteiger partial charge in [0.25, 0.3) is 5.56 Å². The minimum absolute atomic E-state index is 0.177. The smallest absolute Gasteiger partial charge is 0.260 e. The van der Waals surface area contributed by atoms with Crippen LogP contribution in [0, 0.1) is 0 Å². The molecule has 0 spiro atoms. The molecule has 0 aliphatic carbocycles. The van der Waals surface area contributed by atoms with E-state index in [-0.39, 0.29) is 5.56 Å². The van der Waals surface area contributed by atoms with Gasteiger partial charge in [0.15, 0.2) is 11.5 Å². The number of methoxy groups -OCH3 is 2. The van der Waals surface area contributed by atoms with Crippen molar-refractivity contribution in [2.24, 2.45) is 0 Å².